The Bertz CT molecular complexity index is 889. The van der Waals surface area contributed by atoms with Gasteiger partial charge in [0.1, 0.15) is 11.6 Å². The van der Waals surface area contributed by atoms with E-state index >= 15 is 0 Å². The summed E-state index contributed by atoms with van der Waals surface area (Å²) < 4.78 is 27.4. The Hall–Kier alpha value is -2.41. The molecule has 29 heavy (non-hydrogen) atoms. The van der Waals surface area contributed by atoms with Gasteiger partial charge in [0.25, 0.3) is 0 Å². The molecule has 5 nitrogen and oxygen atoms in total. The van der Waals surface area contributed by atoms with E-state index in [0.29, 0.717) is 17.1 Å². The Labute approximate surface area is 186 Å². The zero-order chi connectivity index (χ0) is 19.9. The van der Waals surface area contributed by atoms with Crippen LogP contribution in [0.15, 0.2) is 47.5 Å². The number of nitrogens with one attached hydrogen (secondary N) is 2. The monoisotopic (exact) mass is 511 g/mol. The SMILES string of the molecule is CN=C(NCc1ccc(C#N)cc1F)NC1CCN(c2cccc(F)c2)CC1.I. The summed E-state index contributed by atoms with van der Waals surface area (Å²) in [5.74, 6) is -0.0317. The molecule has 1 fully saturated rings. The highest BCUT2D eigenvalue weighted by Gasteiger charge is 2.20. The lowest BCUT2D eigenvalue weighted by atomic mass is 10.0. The Morgan fingerprint density at radius 2 is 1.97 bits per heavy atom. The molecule has 0 spiro atoms. The van der Waals surface area contributed by atoms with E-state index in [9.17, 15) is 8.78 Å². The molecule has 2 aromatic rings. The van der Waals surface area contributed by atoms with E-state index in [1.165, 1.54) is 12.1 Å². The van der Waals surface area contributed by atoms with Gasteiger partial charge in [0, 0.05) is 44.0 Å². The van der Waals surface area contributed by atoms with Crippen molar-refractivity contribution in [2.45, 2.75) is 25.4 Å². The van der Waals surface area contributed by atoms with Gasteiger partial charge >= 0.3 is 0 Å². The number of nitriles is 1. The van der Waals surface area contributed by atoms with Gasteiger partial charge in [-0.1, -0.05) is 12.1 Å². The van der Waals surface area contributed by atoms with E-state index < -0.39 is 5.82 Å². The highest BCUT2D eigenvalue weighted by Crippen LogP contribution is 2.20. The predicted molar refractivity (Wildman–Crippen MR) is 121 cm³/mol. The molecular formula is C21H24F2IN5. The van der Waals surface area contributed by atoms with Gasteiger partial charge in [-0.2, -0.15) is 5.26 Å². The van der Waals surface area contributed by atoms with Crippen LogP contribution in [-0.2, 0) is 6.54 Å². The number of guanidine groups is 1. The minimum absolute atomic E-state index is 0. The summed E-state index contributed by atoms with van der Waals surface area (Å²) in [6.45, 7) is 1.92. The number of anilines is 1. The van der Waals surface area contributed by atoms with Crippen molar-refractivity contribution in [1.82, 2.24) is 10.6 Å². The molecule has 0 radical (unpaired) electrons. The summed E-state index contributed by atoms with van der Waals surface area (Å²) in [5, 5.41) is 15.3. The fraction of sp³-hybridized carbons (Fsp3) is 0.333. The number of hydrogen-bond donors (Lipinski definition) is 2. The van der Waals surface area contributed by atoms with Crippen molar-refractivity contribution in [1.29, 1.82) is 5.26 Å². The average Bonchev–Trinajstić information content (AvgIpc) is 2.72. The minimum atomic E-state index is -0.412. The zero-order valence-corrected chi connectivity index (χ0v) is 18.5. The normalized spacial score (nSPS) is 14.7. The van der Waals surface area contributed by atoms with E-state index in [0.717, 1.165) is 31.6 Å². The molecule has 1 saturated heterocycles. The molecule has 1 heterocycles. The quantitative estimate of drug-likeness (QED) is 0.373. The highest BCUT2D eigenvalue weighted by atomic mass is 127. The van der Waals surface area contributed by atoms with E-state index in [1.807, 2.05) is 12.1 Å². The second-order valence-electron chi connectivity index (χ2n) is 6.73. The molecule has 3 rings (SSSR count). The summed E-state index contributed by atoms with van der Waals surface area (Å²) in [7, 11) is 1.67. The lowest BCUT2D eigenvalue weighted by molar-refractivity contribution is 0.460. The summed E-state index contributed by atoms with van der Waals surface area (Å²) >= 11 is 0. The topological polar surface area (TPSA) is 63.5 Å². The fourth-order valence-electron chi connectivity index (χ4n) is 3.28. The summed E-state index contributed by atoms with van der Waals surface area (Å²) in [6.07, 6.45) is 1.78. The van der Waals surface area contributed by atoms with Crippen LogP contribution < -0.4 is 15.5 Å². The van der Waals surface area contributed by atoms with Crippen molar-refractivity contribution in [2.75, 3.05) is 25.0 Å². The number of rotatable bonds is 4. The third kappa shape index (κ3) is 6.29. The maximum absolute atomic E-state index is 14.0. The third-order valence-electron chi connectivity index (χ3n) is 4.86. The smallest absolute Gasteiger partial charge is 0.191 e. The van der Waals surface area contributed by atoms with Gasteiger partial charge in [-0.25, -0.2) is 8.78 Å². The molecule has 2 N–H and O–H groups in total. The lowest BCUT2D eigenvalue weighted by Crippen LogP contribution is -2.48. The van der Waals surface area contributed by atoms with Crippen LogP contribution in [-0.4, -0.2) is 32.1 Å². The molecule has 154 valence electrons. The predicted octanol–water partition coefficient (Wildman–Crippen LogP) is 3.79. The first kappa shape index (κ1) is 22.9. The van der Waals surface area contributed by atoms with Gasteiger partial charge in [0.05, 0.1) is 11.6 Å². The number of nitrogens with zero attached hydrogens (tertiary/aromatic N) is 3. The molecule has 0 aromatic heterocycles. The highest BCUT2D eigenvalue weighted by molar-refractivity contribution is 14.0. The van der Waals surface area contributed by atoms with Crippen molar-refractivity contribution in [2.24, 2.45) is 4.99 Å². The van der Waals surface area contributed by atoms with E-state index in [2.05, 4.69) is 20.5 Å². The molecular weight excluding hydrogens is 487 g/mol. The van der Waals surface area contributed by atoms with Crippen molar-refractivity contribution >= 4 is 35.6 Å². The molecule has 0 atom stereocenters. The summed E-state index contributed by atoms with van der Waals surface area (Å²) in [5.41, 5.74) is 1.67. The first-order valence-electron chi connectivity index (χ1n) is 9.25. The second kappa shape index (κ2) is 11.0. The standard InChI is InChI=1S/C21H23F2N5.HI/c1-25-21(26-14-16-6-5-15(13-24)11-20(16)23)27-18-7-9-28(10-8-18)19-4-2-3-17(22)12-19;/h2-6,11-12,18H,7-10,14H2,1H3,(H2,25,26,27);1H. The van der Waals surface area contributed by atoms with Gasteiger partial charge < -0.3 is 15.5 Å². The number of benzene rings is 2. The molecule has 0 saturated carbocycles. The van der Waals surface area contributed by atoms with E-state index in [4.69, 9.17) is 5.26 Å². The van der Waals surface area contributed by atoms with Crippen LogP contribution in [0.3, 0.4) is 0 Å². The molecule has 0 bridgehead atoms. The first-order valence-corrected chi connectivity index (χ1v) is 9.25. The Kier molecular flexibility index (Phi) is 8.64. The van der Waals surface area contributed by atoms with Gasteiger partial charge in [-0.05, 0) is 43.2 Å². The van der Waals surface area contributed by atoms with Gasteiger partial charge in [-0.3, -0.25) is 4.99 Å². The number of aliphatic imine (C=N–C) groups is 1. The third-order valence-corrected chi connectivity index (χ3v) is 4.86. The van der Waals surface area contributed by atoms with Crippen molar-refractivity contribution in [3.8, 4) is 6.07 Å². The van der Waals surface area contributed by atoms with Crippen LogP contribution >= 0.6 is 24.0 Å². The van der Waals surface area contributed by atoms with Crippen LogP contribution in [0, 0.1) is 23.0 Å². The van der Waals surface area contributed by atoms with Gasteiger partial charge in [0.2, 0.25) is 0 Å². The van der Waals surface area contributed by atoms with Crippen molar-refractivity contribution in [3.63, 3.8) is 0 Å². The molecule has 0 amide bonds. The van der Waals surface area contributed by atoms with Gasteiger partial charge in [0.15, 0.2) is 5.96 Å². The maximum Gasteiger partial charge on any atom is 0.191 e. The van der Waals surface area contributed by atoms with Crippen LogP contribution in [0.1, 0.15) is 24.0 Å². The molecule has 0 unspecified atom stereocenters. The van der Waals surface area contributed by atoms with Crippen LogP contribution in [0.2, 0.25) is 0 Å². The zero-order valence-electron chi connectivity index (χ0n) is 16.2. The van der Waals surface area contributed by atoms with E-state index in [-0.39, 0.29) is 42.4 Å². The number of hydrogen-bond acceptors (Lipinski definition) is 3. The van der Waals surface area contributed by atoms with Crippen molar-refractivity contribution < 1.29 is 8.78 Å². The van der Waals surface area contributed by atoms with Crippen LogP contribution in [0.25, 0.3) is 0 Å². The largest absolute Gasteiger partial charge is 0.371 e. The number of piperidine rings is 1. The van der Waals surface area contributed by atoms with Crippen molar-refractivity contribution in [3.05, 3.63) is 65.2 Å². The Balaban J connectivity index is 0.00000300. The molecule has 1 aliphatic heterocycles. The van der Waals surface area contributed by atoms with Crippen LogP contribution in [0.4, 0.5) is 14.5 Å². The second-order valence-corrected chi connectivity index (χ2v) is 6.73. The Morgan fingerprint density at radius 3 is 2.59 bits per heavy atom. The molecule has 8 heteroatoms. The molecule has 0 aliphatic carbocycles. The van der Waals surface area contributed by atoms with Crippen LogP contribution in [0.5, 0.6) is 0 Å². The average molecular weight is 511 g/mol. The van der Waals surface area contributed by atoms with E-state index in [1.54, 1.807) is 31.3 Å². The number of halogens is 3. The summed E-state index contributed by atoms with van der Waals surface area (Å²) in [4.78, 5) is 6.38. The Morgan fingerprint density at radius 1 is 1.21 bits per heavy atom. The first-order chi connectivity index (χ1) is 13.6. The maximum atomic E-state index is 14.0. The lowest BCUT2D eigenvalue weighted by Gasteiger charge is -2.34. The fourth-order valence-corrected chi connectivity index (χ4v) is 3.28. The molecule has 1 aliphatic rings. The molecule has 2 aromatic carbocycles. The summed E-state index contributed by atoms with van der Waals surface area (Å²) in [6, 6.07) is 13.2. The van der Waals surface area contributed by atoms with Gasteiger partial charge in [-0.15, -0.1) is 24.0 Å². The minimum Gasteiger partial charge on any atom is -0.371 e.